The average molecular weight is 407 g/mol. The van der Waals surface area contributed by atoms with Crippen LogP contribution in [-0.2, 0) is 0 Å². The Bertz CT molecular complexity index is 350. The van der Waals surface area contributed by atoms with E-state index in [4.69, 9.17) is 0 Å². The maximum absolute atomic E-state index is 2.36. The van der Waals surface area contributed by atoms with Gasteiger partial charge in [-0.25, -0.2) is 0 Å². The Morgan fingerprint density at radius 1 is 0.448 bits per heavy atom. The third kappa shape index (κ3) is 17.4. The first-order valence-corrected chi connectivity index (χ1v) is 13.7. The Morgan fingerprint density at radius 3 is 1.17 bits per heavy atom. The van der Waals surface area contributed by atoms with Crippen LogP contribution in [-0.4, -0.2) is 0 Å². The molecule has 0 saturated heterocycles. The molecule has 0 aromatic heterocycles. The van der Waals surface area contributed by atoms with Crippen LogP contribution in [0.25, 0.3) is 0 Å². The van der Waals surface area contributed by atoms with Crippen molar-refractivity contribution >= 4 is 0 Å². The average Bonchev–Trinajstić information content (AvgIpc) is 3.02. The molecule has 0 spiro atoms. The van der Waals surface area contributed by atoms with Gasteiger partial charge in [0.2, 0.25) is 0 Å². The van der Waals surface area contributed by atoms with Gasteiger partial charge in [-0.1, -0.05) is 151 Å². The highest BCUT2D eigenvalue weighted by Crippen LogP contribution is 2.30. The topological polar surface area (TPSA) is 0 Å². The number of hydrogen-bond acceptors (Lipinski definition) is 0. The van der Waals surface area contributed by atoms with Gasteiger partial charge < -0.3 is 0 Å². The molecule has 0 aliphatic heterocycles. The first kappa shape index (κ1) is 27.0. The lowest BCUT2D eigenvalue weighted by atomic mass is 9.86. The molecule has 2 saturated carbocycles. The van der Waals surface area contributed by atoms with Crippen LogP contribution >= 0.6 is 0 Å². The van der Waals surface area contributed by atoms with Gasteiger partial charge in [0, 0.05) is 0 Å². The molecule has 2 rings (SSSR count). The van der Waals surface area contributed by atoms with Crippen LogP contribution in [0.3, 0.4) is 0 Å². The van der Waals surface area contributed by atoms with Crippen molar-refractivity contribution in [1.29, 1.82) is 0 Å². The molecule has 2 aliphatic rings. The fraction of sp³-hybridized carbons (Fsp3) is 1.00. The van der Waals surface area contributed by atoms with E-state index < -0.39 is 0 Å². The maximum Gasteiger partial charge on any atom is -0.0383 e. The number of hydrogen-bond donors (Lipinski definition) is 0. The third-order valence-corrected chi connectivity index (χ3v) is 7.28. The summed E-state index contributed by atoms with van der Waals surface area (Å²) in [7, 11) is 0. The van der Waals surface area contributed by atoms with Crippen LogP contribution in [0.5, 0.6) is 0 Å². The summed E-state index contributed by atoms with van der Waals surface area (Å²) in [6.45, 7) is 14.2. The summed E-state index contributed by atoms with van der Waals surface area (Å²) in [4.78, 5) is 0. The fourth-order valence-electron chi connectivity index (χ4n) is 5.31. The van der Waals surface area contributed by atoms with Gasteiger partial charge in [-0.05, 0) is 35.5 Å². The van der Waals surface area contributed by atoms with Gasteiger partial charge in [-0.3, -0.25) is 0 Å². The van der Waals surface area contributed by atoms with E-state index in [2.05, 4.69) is 41.5 Å². The minimum Gasteiger partial charge on any atom is -0.0602 e. The Labute approximate surface area is 186 Å². The van der Waals surface area contributed by atoms with Crippen LogP contribution in [0.2, 0.25) is 0 Å². The Balaban J connectivity index is 0.000000291. The van der Waals surface area contributed by atoms with Crippen molar-refractivity contribution in [1.82, 2.24) is 0 Å². The molecule has 29 heavy (non-hydrogen) atoms. The van der Waals surface area contributed by atoms with Crippen molar-refractivity contribution in [2.24, 2.45) is 22.7 Å². The summed E-state index contributed by atoms with van der Waals surface area (Å²) in [5, 5.41) is 0. The first-order valence-electron chi connectivity index (χ1n) is 13.7. The molecule has 0 unspecified atom stereocenters. The quantitative estimate of drug-likeness (QED) is 0.291. The highest BCUT2D eigenvalue weighted by Gasteiger charge is 2.15. The zero-order valence-corrected chi connectivity index (χ0v) is 21.6. The summed E-state index contributed by atoms with van der Waals surface area (Å²) in [6, 6.07) is 0. The zero-order chi connectivity index (χ0) is 21.6. The van der Waals surface area contributed by atoms with Crippen LogP contribution < -0.4 is 0 Å². The monoisotopic (exact) mass is 406 g/mol. The van der Waals surface area contributed by atoms with Gasteiger partial charge in [0.1, 0.15) is 0 Å². The van der Waals surface area contributed by atoms with Crippen LogP contribution in [0.1, 0.15) is 164 Å². The van der Waals surface area contributed by atoms with E-state index in [1.807, 2.05) is 0 Å². The molecule has 0 aromatic rings. The summed E-state index contributed by atoms with van der Waals surface area (Å²) in [5.74, 6) is 2.15. The van der Waals surface area contributed by atoms with Gasteiger partial charge in [-0.2, -0.15) is 0 Å². The Morgan fingerprint density at radius 2 is 0.793 bits per heavy atom. The van der Waals surface area contributed by atoms with E-state index in [0.717, 1.165) is 11.8 Å². The highest BCUT2D eigenvalue weighted by atomic mass is 14.2. The van der Waals surface area contributed by atoms with Gasteiger partial charge in [0.05, 0.1) is 0 Å². The predicted octanol–water partition coefficient (Wildman–Crippen LogP) is 10.7. The molecule has 0 heteroatoms. The molecular formula is C29H58. The maximum atomic E-state index is 2.36. The Kier molecular flexibility index (Phi) is 13.9. The van der Waals surface area contributed by atoms with E-state index in [0.29, 0.717) is 10.8 Å². The summed E-state index contributed by atoms with van der Waals surface area (Å²) in [5.41, 5.74) is 1.09. The lowest BCUT2D eigenvalue weighted by Crippen LogP contribution is -2.06. The molecule has 0 aromatic carbocycles. The lowest BCUT2D eigenvalue weighted by Gasteiger charge is -2.20. The summed E-state index contributed by atoms with van der Waals surface area (Å²) in [6.07, 6.45) is 28.3. The molecule has 174 valence electrons. The zero-order valence-electron chi connectivity index (χ0n) is 21.6. The molecule has 2 fully saturated rings. The van der Waals surface area contributed by atoms with E-state index in [9.17, 15) is 0 Å². The second-order valence-electron chi connectivity index (χ2n) is 13.0. The number of rotatable bonds is 7. The van der Waals surface area contributed by atoms with Crippen molar-refractivity contribution in [3.05, 3.63) is 0 Å². The van der Waals surface area contributed by atoms with Gasteiger partial charge in [-0.15, -0.1) is 0 Å². The standard InChI is InChI=1S/C15H30.C14H28/c1-15(2,3)13-9-8-12-14-10-6-4-5-7-11-14;1-14(2,3)12-8-11-13-9-6-4-5-7-10-13/h14H,4-13H2,1-3H3;13H,4-12H2,1-3H3. The third-order valence-electron chi connectivity index (χ3n) is 7.28. The highest BCUT2D eigenvalue weighted by molar-refractivity contribution is 4.68. The summed E-state index contributed by atoms with van der Waals surface area (Å²) >= 11 is 0. The first-order chi connectivity index (χ1) is 13.7. The molecule has 0 radical (unpaired) electrons. The largest absolute Gasteiger partial charge is 0.0602 e. The van der Waals surface area contributed by atoms with Crippen molar-refractivity contribution in [2.45, 2.75) is 164 Å². The second kappa shape index (κ2) is 14.9. The lowest BCUT2D eigenvalue weighted by molar-refractivity contribution is 0.326. The second-order valence-corrected chi connectivity index (χ2v) is 13.0. The van der Waals surface area contributed by atoms with Crippen molar-refractivity contribution in [3.8, 4) is 0 Å². The number of unbranched alkanes of at least 4 members (excludes halogenated alkanes) is 1. The smallest absolute Gasteiger partial charge is 0.0383 e. The molecule has 0 nitrogen and oxygen atoms in total. The van der Waals surface area contributed by atoms with Crippen LogP contribution in [0.15, 0.2) is 0 Å². The van der Waals surface area contributed by atoms with Gasteiger partial charge >= 0.3 is 0 Å². The molecule has 2 aliphatic carbocycles. The minimum atomic E-state index is 0.545. The van der Waals surface area contributed by atoms with E-state index in [1.165, 1.54) is 122 Å². The molecule has 0 bridgehead atoms. The normalized spacial score (nSPS) is 20.5. The Hall–Kier alpha value is 0. The molecular weight excluding hydrogens is 348 g/mol. The van der Waals surface area contributed by atoms with Gasteiger partial charge in [0.15, 0.2) is 0 Å². The van der Waals surface area contributed by atoms with Crippen LogP contribution in [0, 0.1) is 22.7 Å². The fourth-order valence-corrected chi connectivity index (χ4v) is 5.31. The SMILES string of the molecule is CC(C)(C)CCCC1CCCCCC1.CC(C)(C)CCCCC1CCCCCC1. The molecule has 0 amide bonds. The molecule has 0 atom stereocenters. The van der Waals surface area contributed by atoms with Gasteiger partial charge in [0.25, 0.3) is 0 Å². The van der Waals surface area contributed by atoms with Crippen molar-refractivity contribution in [3.63, 3.8) is 0 Å². The van der Waals surface area contributed by atoms with Crippen LogP contribution in [0.4, 0.5) is 0 Å². The van der Waals surface area contributed by atoms with Crippen molar-refractivity contribution < 1.29 is 0 Å². The summed E-state index contributed by atoms with van der Waals surface area (Å²) < 4.78 is 0. The molecule has 0 heterocycles. The minimum absolute atomic E-state index is 0.545. The van der Waals surface area contributed by atoms with E-state index >= 15 is 0 Å². The van der Waals surface area contributed by atoms with E-state index in [-0.39, 0.29) is 0 Å². The molecule has 0 N–H and O–H groups in total. The van der Waals surface area contributed by atoms with Crippen molar-refractivity contribution in [2.75, 3.05) is 0 Å². The predicted molar refractivity (Wildman–Crippen MR) is 134 cm³/mol. The van der Waals surface area contributed by atoms with E-state index in [1.54, 1.807) is 0 Å².